The third-order valence-electron chi connectivity index (χ3n) is 4.13. The van der Waals surface area contributed by atoms with Crippen molar-refractivity contribution in [1.82, 2.24) is 14.9 Å². The molecule has 3 aromatic heterocycles. The van der Waals surface area contributed by atoms with Gasteiger partial charge >= 0.3 is 0 Å². The first-order valence-electron chi connectivity index (χ1n) is 8.29. The third-order valence-corrected chi connectivity index (χ3v) is 4.13. The van der Waals surface area contributed by atoms with Crippen molar-refractivity contribution in [3.05, 3.63) is 96.8 Å². The van der Waals surface area contributed by atoms with Gasteiger partial charge in [0.05, 0.1) is 18.2 Å². The summed E-state index contributed by atoms with van der Waals surface area (Å²) >= 11 is 0. The van der Waals surface area contributed by atoms with E-state index in [0.29, 0.717) is 12.1 Å². The van der Waals surface area contributed by atoms with Gasteiger partial charge < -0.3 is 14.3 Å². The van der Waals surface area contributed by atoms with Crippen molar-refractivity contribution in [3.63, 3.8) is 0 Å². The van der Waals surface area contributed by atoms with Gasteiger partial charge in [0.15, 0.2) is 0 Å². The van der Waals surface area contributed by atoms with Crippen molar-refractivity contribution >= 4 is 5.91 Å². The molecule has 0 aliphatic rings. The van der Waals surface area contributed by atoms with Gasteiger partial charge in [0.2, 0.25) is 0 Å². The minimum absolute atomic E-state index is 0.108. The number of nitrogens with zero attached hydrogens (tertiary/aromatic N) is 2. The second-order valence-corrected chi connectivity index (χ2v) is 5.88. The second kappa shape index (κ2) is 7.11. The quantitative estimate of drug-likeness (QED) is 0.594. The van der Waals surface area contributed by atoms with Gasteiger partial charge in [0.1, 0.15) is 0 Å². The van der Waals surface area contributed by atoms with Crippen molar-refractivity contribution in [2.45, 2.75) is 6.54 Å². The van der Waals surface area contributed by atoms with E-state index in [2.05, 4.69) is 10.3 Å². The first-order valence-corrected chi connectivity index (χ1v) is 8.29. The molecule has 5 nitrogen and oxygen atoms in total. The Balaban J connectivity index is 1.37. The Morgan fingerprint density at radius 3 is 2.50 bits per heavy atom. The molecule has 0 saturated heterocycles. The summed E-state index contributed by atoms with van der Waals surface area (Å²) in [6.07, 6.45) is 8.97. The lowest BCUT2D eigenvalue weighted by molar-refractivity contribution is 0.0951. The minimum Gasteiger partial charge on any atom is -0.472 e. The van der Waals surface area contributed by atoms with Crippen molar-refractivity contribution in [2.75, 3.05) is 0 Å². The summed E-state index contributed by atoms with van der Waals surface area (Å²) in [5, 5.41) is 2.92. The highest BCUT2D eigenvalue weighted by atomic mass is 16.3. The fourth-order valence-electron chi connectivity index (χ4n) is 2.69. The summed E-state index contributed by atoms with van der Waals surface area (Å²) in [6, 6.07) is 17.2. The molecule has 0 atom stereocenters. The molecule has 0 saturated carbocycles. The number of aromatic nitrogens is 2. The number of hydrogen-bond acceptors (Lipinski definition) is 3. The Hall–Kier alpha value is -3.60. The largest absolute Gasteiger partial charge is 0.472 e. The Morgan fingerprint density at radius 2 is 1.85 bits per heavy atom. The van der Waals surface area contributed by atoms with E-state index in [0.717, 1.165) is 22.5 Å². The Labute approximate surface area is 150 Å². The normalized spacial score (nSPS) is 10.6. The number of carbonyl (C=O) groups is 1. The number of hydrogen-bond donors (Lipinski definition) is 1. The number of amides is 1. The molecule has 1 aromatic carbocycles. The van der Waals surface area contributed by atoms with Crippen molar-refractivity contribution in [1.29, 1.82) is 0 Å². The van der Waals surface area contributed by atoms with Crippen LogP contribution >= 0.6 is 0 Å². The van der Waals surface area contributed by atoms with Crippen LogP contribution in [0.25, 0.3) is 16.9 Å². The van der Waals surface area contributed by atoms with E-state index in [1.165, 1.54) is 0 Å². The van der Waals surface area contributed by atoms with Gasteiger partial charge in [-0.05, 0) is 54.1 Å². The van der Waals surface area contributed by atoms with Crippen LogP contribution in [0, 0.1) is 0 Å². The lowest BCUT2D eigenvalue weighted by Gasteiger charge is -2.07. The summed E-state index contributed by atoms with van der Waals surface area (Å²) in [5.74, 6) is -0.108. The summed E-state index contributed by atoms with van der Waals surface area (Å²) in [5.41, 5.74) is 4.36. The summed E-state index contributed by atoms with van der Waals surface area (Å²) < 4.78 is 7.06. The van der Waals surface area contributed by atoms with E-state index in [1.54, 1.807) is 18.7 Å². The van der Waals surface area contributed by atoms with Crippen LogP contribution in [0.2, 0.25) is 0 Å². The molecule has 0 spiro atoms. The fourth-order valence-corrected chi connectivity index (χ4v) is 2.69. The number of carbonyl (C=O) groups excluding carboxylic acids is 1. The SMILES string of the molecule is O=C(NCc1ccc(-c2ccoc2)nc1)c1ccc(-n2cccc2)cc1. The number of furan rings is 1. The summed E-state index contributed by atoms with van der Waals surface area (Å²) in [7, 11) is 0. The molecule has 1 N–H and O–H groups in total. The molecule has 0 unspecified atom stereocenters. The average molecular weight is 343 g/mol. The average Bonchev–Trinajstić information content (AvgIpc) is 3.40. The van der Waals surface area contributed by atoms with Crippen molar-refractivity contribution < 1.29 is 9.21 Å². The molecular weight excluding hydrogens is 326 g/mol. The van der Waals surface area contributed by atoms with Gasteiger partial charge in [-0.3, -0.25) is 9.78 Å². The molecule has 0 fully saturated rings. The van der Waals surface area contributed by atoms with Gasteiger partial charge in [-0.2, -0.15) is 0 Å². The number of benzene rings is 1. The molecular formula is C21H17N3O2. The van der Waals surface area contributed by atoms with E-state index in [-0.39, 0.29) is 5.91 Å². The lowest BCUT2D eigenvalue weighted by Crippen LogP contribution is -2.22. The molecule has 0 aliphatic carbocycles. The summed E-state index contributed by atoms with van der Waals surface area (Å²) in [4.78, 5) is 16.7. The predicted octanol–water partition coefficient (Wildman–Crippen LogP) is 4.06. The van der Waals surface area contributed by atoms with Gasteiger partial charge in [-0.25, -0.2) is 0 Å². The standard InChI is InChI=1S/C21H17N3O2/c25-21(17-4-6-19(7-5-17)24-10-1-2-11-24)23-14-16-3-8-20(22-13-16)18-9-12-26-15-18/h1-13,15H,14H2,(H,23,25). The zero-order valence-corrected chi connectivity index (χ0v) is 14.0. The molecule has 3 heterocycles. The first kappa shape index (κ1) is 15.9. The minimum atomic E-state index is -0.108. The highest BCUT2D eigenvalue weighted by molar-refractivity contribution is 5.94. The number of nitrogens with one attached hydrogen (secondary N) is 1. The molecule has 1 amide bonds. The van der Waals surface area contributed by atoms with Crippen LogP contribution in [0.1, 0.15) is 15.9 Å². The van der Waals surface area contributed by atoms with Crippen LogP contribution in [-0.2, 0) is 6.54 Å². The van der Waals surface area contributed by atoms with Crippen LogP contribution in [0.15, 0.2) is 90.1 Å². The molecule has 128 valence electrons. The molecule has 4 rings (SSSR count). The van der Waals surface area contributed by atoms with Crippen molar-refractivity contribution in [3.8, 4) is 16.9 Å². The monoisotopic (exact) mass is 343 g/mol. The van der Waals surface area contributed by atoms with E-state index in [4.69, 9.17) is 4.42 Å². The molecule has 0 radical (unpaired) electrons. The highest BCUT2D eigenvalue weighted by Gasteiger charge is 2.06. The van der Waals surface area contributed by atoms with Crippen LogP contribution in [0.5, 0.6) is 0 Å². The Bertz CT molecular complexity index is 971. The zero-order valence-electron chi connectivity index (χ0n) is 14.0. The molecule has 0 bridgehead atoms. The van der Waals surface area contributed by atoms with Gasteiger partial charge in [-0.1, -0.05) is 6.07 Å². The Kier molecular flexibility index (Phi) is 4.35. The molecule has 5 heteroatoms. The van der Waals surface area contributed by atoms with Crippen LogP contribution < -0.4 is 5.32 Å². The van der Waals surface area contributed by atoms with E-state index in [1.807, 2.05) is 71.6 Å². The predicted molar refractivity (Wildman–Crippen MR) is 98.9 cm³/mol. The van der Waals surface area contributed by atoms with Gasteiger partial charge in [0, 0.05) is 41.9 Å². The summed E-state index contributed by atoms with van der Waals surface area (Å²) in [6.45, 7) is 0.427. The van der Waals surface area contributed by atoms with Crippen molar-refractivity contribution in [2.24, 2.45) is 0 Å². The molecule has 0 aliphatic heterocycles. The fraction of sp³-hybridized carbons (Fsp3) is 0.0476. The van der Waals surface area contributed by atoms with E-state index in [9.17, 15) is 4.79 Å². The second-order valence-electron chi connectivity index (χ2n) is 5.88. The first-order chi connectivity index (χ1) is 12.8. The van der Waals surface area contributed by atoms with Crippen LogP contribution in [0.3, 0.4) is 0 Å². The Morgan fingerprint density at radius 1 is 1.04 bits per heavy atom. The van der Waals surface area contributed by atoms with Crippen LogP contribution in [-0.4, -0.2) is 15.5 Å². The number of pyridine rings is 1. The van der Waals surface area contributed by atoms with E-state index < -0.39 is 0 Å². The number of rotatable bonds is 5. The molecule has 4 aromatic rings. The topological polar surface area (TPSA) is 60.1 Å². The highest BCUT2D eigenvalue weighted by Crippen LogP contribution is 2.17. The maximum Gasteiger partial charge on any atom is 0.251 e. The molecule has 26 heavy (non-hydrogen) atoms. The van der Waals surface area contributed by atoms with Crippen LogP contribution in [0.4, 0.5) is 0 Å². The maximum atomic E-state index is 12.3. The lowest BCUT2D eigenvalue weighted by atomic mass is 10.1. The van der Waals surface area contributed by atoms with E-state index >= 15 is 0 Å². The van der Waals surface area contributed by atoms with Gasteiger partial charge in [-0.15, -0.1) is 0 Å². The maximum absolute atomic E-state index is 12.3. The smallest absolute Gasteiger partial charge is 0.251 e. The van der Waals surface area contributed by atoms with Gasteiger partial charge in [0.25, 0.3) is 5.91 Å². The third kappa shape index (κ3) is 3.42. The zero-order chi connectivity index (χ0) is 17.8.